The quantitative estimate of drug-likeness (QED) is 0.237. The number of hydrogen-bond donors (Lipinski definition) is 3. The van der Waals surface area contributed by atoms with Crippen LogP contribution < -0.4 is 10.6 Å². The van der Waals surface area contributed by atoms with Crippen LogP contribution >= 0.6 is 0 Å². The van der Waals surface area contributed by atoms with Crippen molar-refractivity contribution in [3.05, 3.63) is 58.7 Å². The molecule has 11 heteroatoms. The van der Waals surface area contributed by atoms with Crippen LogP contribution in [0.25, 0.3) is 0 Å². The molecular formula is C26H28F4N2O5. The van der Waals surface area contributed by atoms with E-state index < -0.39 is 46.3 Å². The van der Waals surface area contributed by atoms with E-state index in [1.54, 1.807) is 0 Å². The minimum absolute atomic E-state index is 0.00361. The minimum atomic E-state index is -2.34. The molecule has 0 saturated heterocycles. The molecule has 1 aliphatic rings. The summed E-state index contributed by atoms with van der Waals surface area (Å²) in [5.74, 6) is -11.7. The molecule has 0 heterocycles. The highest BCUT2D eigenvalue weighted by Gasteiger charge is 2.33. The highest BCUT2D eigenvalue weighted by molar-refractivity contribution is 6.11. The average Bonchev–Trinajstić information content (AvgIpc) is 2.84. The maximum absolute atomic E-state index is 14.2. The van der Waals surface area contributed by atoms with Gasteiger partial charge < -0.3 is 20.5 Å². The molecule has 2 aromatic rings. The Hall–Kier alpha value is -3.47. The van der Waals surface area contributed by atoms with E-state index in [2.05, 4.69) is 31.4 Å². The molecule has 0 bridgehead atoms. The molecule has 0 spiro atoms. The van der Waals surface area contributed by atoms with E-state index in [9.17, 15) is 31.9 Å². The van der Waals surface area contributed by atoms with Crippen LogP contribution in [0.4, 0.5) is 28.9 Å². The van der Waals surface area contributed by atoms with Crippen molar-refractivity contribution in [2.24, 2.45) is 17.8 Å². The third-order valence-electron chi connectivity index (χ3n) is 6.52. The first kappa shape index (κ1) is 28.1. The molecule has 2 amide bonds. The first-order valence-corrected chi connectivity index (χ1v) is 11.8. The van der Waals surface area contributed by atoms with Gasteiger partial charge in [-0.15, -0.1) is 0 Å². The lowest BCUT2D eigenvalue weighted by Gasteiger charge is -2.37. The summed E-state index contributed by atoms with van der Waals surface area (Å²) < 4.78 is 61.0. The Bertz CT molecular complexity index is 1190. The second kappa shape index (κ2) is 11.7. The van der Waals surface area contributed by atoms with E-state index >= 15 is 0 Å². The Morgan fingerprint density at radius 1 is 0.919 bits per heavy atom. The summed E-state index contributed by atoms with van der Waals surface area (Å²) in [6, 6.07) is 5.38. The SMILES string of the molecule is CC1CCC(C(C)C)C(OCC(=O)Nc2ccc(NC(=O)c3c(F)c(F)c(F)c(F)c3C(=O)O)cc2)C1. The number of halogens is 4. The van der Waals surface area contributed by atoms with Crippen LogP contribution in [0.1, 0.15) is 60.7 Å². The highest BCUT2D eigenvalue weighted by Crippen LogP contribution is 2.35. The molecule has 1 saturated carbocycles. The van der Waals surface area contributed by atoms with Gasteiger partial charge in [0.25, 0.3) is 5.91 Å². The van der Waals surface area contributed by atoms with Crippen LogP contribution in [-0.4, -0.2) is 35.6 Å². The number of amides is 2. The number of ether oxygens (including phenoxy) is 1. The summed E-state index contributed by atoms with van der Waals surface area (Å²) in [5, 5.41) is 13.8. The molecule has 200 valence electrons. The lowest BCUT2D eigenvalue weighted by molar-refractivity contribution is -0.126. The maximum Gasteiger partial charge on any atom is 0.339 e. The summed E-state index contributed by atoms with van der Waals surface area (Å²) in [4.78, 5) is 36.1. The van der Waals surface area contributed by atoms with Crippen LogP contribution in [0.2, 0.25) is 0 Å². The van der Waals surface area contributed by atoms with E-state index in [1.165, 1.54) is 24.3 Å². The molecule has 1 fully saturated rings. The fourth-order valence-corrected chi connectivity index (χ4v) is 4.56. The number of carboxylic acids is 1. The van der Waals surface area contributed by atoms with Crippen LogP contribution in [0, 0.1) is 41.0 Å². The number of anilines is 2. The van der Waals surface area contributed by atoms with Crippen molar-refractivity contribution in [1.82, 2.24) is 0 Å². The zero-order chi connectivity index (χ0) is 27.4. The molecule has 2 aromatic carbocycles. The van der Waals surface area contributed by atoms with Crippen LogP contribution in [0.3, 0.4) is 0 Å². The van der Waals surface area contributed by atoms with E-state index in [0.717, 1.165) is 19.3 Å². The third-order valence-corrected chi connectivity index (χ3v) is 6.52. The Labute approximate surface area is 211 Å². The van der Waals surface area contributed by atoms with Gasteiger partial charge in [0.1, 0.15) is 12.2 Å². The molecule has 1 aliphatic carbocycles. The molecule has 7 nitrogen and oxygen atoms in total. The third kappa shape index (κ3) is 6.46. The molecule has 3 rings (SSSR count). The van der Waals surface area contributed by atoms with E-state index in [0.29, 0.717) is 23.4 Å². The maximum atomic E-state index is 14.2. The first-order chi connectivity index (χ1) is 17.4. The molecule has 3 atom stereocenters. The van der Waals surface area contributed by atoms with Gasteiger partial charge in [-0.3, -0.25) is 9.59 Å². The molecule has 0 radical (unpaired) electrons. The van der Waals surface area contributed by atoms with Crippen molar-refractivity contribution >= 4 is 29.2 Å². The summed E-state index contributed by atoms with van der Waals surface area (Å²) in [7, 11) is 0. The first-order valence-electron chi connectivity index (χ1n) is 11.8. The number of benzene rings is 2. The Morgan fingerprint density at radius 2 is 1.46 bits per heavy atom. The minimum Gasteiger partial charge on any atom is -0.478 e. The highest BCUT2D eigenvalue weighted by atomic mass is 19.2. The standard InChI is InChI=1S/C26H28F4N2O5/c1-12(2)16-9-4-13(3)10-17(16)37-11-18(33)31-14-5-7-15(8-6-14)32-25(34)19-20(26(35)36)22(28)24(30)23(29)21(19)27/h5-8,12-13,16-17H,4,9-11H2,1-3H3,(H,31,33)(H,32,34)(H,35,36). The number of carbonyl (C=O) groups is 3. The number of hydrogen-bond acceptors (Lipinski definition) is 4. The summed E-state index contributed by atoms with van der Waals surface area (Å²) >= 11 is 0. The summed E-state index contributed by atoms with van der Waals surface area (Å²) in [6.45, 7) is 6.29. The van der Waals surface area contributed by atoms with Crippen LogP contribution in [-0.2, 0) is 9.53 Å². The van der Waals surface area contributed by atoms with Crippen molar-refractivity contribution in [1.29, 1.82) is 0 Å². The van der Waals surface area contributed by atoms with Crippen molar-refractivity contribution in [2.75, 3.05) is 17.2 Å². The van der Waals surface area contributed by atoms with Gasteiger partial charge >= 0.3 is 5.97 Å². The summed E-state index contributed by atoms with van der Waals surface area (Å²) in [5.41, 5.74) is -2.78. The van der Waals surface area contributed by atoms with Gasteiger partial charge in [0.2, 0.25) is 5.91 Å². The number of rotatable bonds is 8. The smallest absolute Gasteiger partial charge is 0.339 e. The largest absolute Gasteiger partial charge is 0.478 e. The average molecular weight is 525 g/mol. The topological polar surface area (TPSA) is 105 Å². The van der Waals surface area contributed by atoms with Crippen molar-refractivity contribution < 1.29 is 41.8 Å². The second-order valence-corrected chi connectivity index (χ2v) is 9.57. The van der Waals surface area contributed by atoms with Crippen molar-refractivity contribution in [3.63, 3.8) is 0 Å². The van der Waals surface area contributed by atoms with Gasteiger partial charge in [-0.05, 0) is 54.9 Å². The molecule has 37 heavy (non-hydrogen) atoms. The van der Waals surface area contributed by atoms with Gasteiger partial charge in [-0.25, -0.2) is 22.4 Å². The van der Waals surface area contributed by atoms with Crippen LogP contribution in [0.15, 0.2) is 24.3 Å². The number of carbonyl (C=O) groups excluding carboxylic acids is 2. The number of aromatic carboxylic acids is 1. The number of carboxylic acid groups (broad SMARTS) is 1. The summed E-state index contributed by atoms with van der Waals surface area (Å²) in [6.07, 6.45) is 3.06. The monoisotopic (exact) mass is 524 g/mol. The predicted molar refractivity (Wildman–Crippen MR) is 127 cm³/mol. The van der Waals surface area contributed by atoms with Crippen molar-refractivity contribution in [2.45, 2.75) is 46.1 Å². The van der Waals surface area contributed by atoms with Gasteiger partial charge in [-0.2, -0.15) is 0 Å². The molecular weight excluding hydrogens is 496 g/mol. The van der Waals surface area contributed by atoms with Gasteiger partial charge in [-0.1, -0.05) is 27.2 Å². The zero-order valence-electron chi connectivity index (χ0n) is 20.5. The van der Waals surface area contributed by atoms with E-state index in [1.807, 2.05) is 0 Å². The van der Waals surface area contributed by atoms with Crippen LogP contribution in [0.5, 0.6) is 0 Å². The van der Waals surface area contributed by atoms with E-state index in [4.69, 9.17) is 9.84 Å². The second-order valence-electron chi connectivity index (χ2n) is 9.57. The molecule has 3 N–H and O–H groups in total. The Kier molecular flexibility index (Phi) is 8.90. The predicted octanol–water partition coefficient (Wildman–Crippen LogP) is 5.61. The van der Waals surface area contributed by atoms with Gasteiger partial charge in [0.05, 0.1) is 11.7 Å². The molecule has 0 aliphatic heterocycles. The lowest BCUT2D eigenvalue weighted by atomic mass is 9.75. The van der Waals surface area contributed by atoms with Gasteiger partial charge in [0.15, 0.2) is 23.3 Å². The Morgan fingerprint density at radius 3 is 2.00 bits per heavy atom. The fraction of sp³-hybridized carbons (Fsp3) is 0.423. The fourth-order valence-electron chi connectivity index (χ4n) is 4.56. The molecule has 3 unspecified atom stereocenters. The van der Waals surface area contributed by atoms with Crippen molar-refractivity contribution in [3.8, 4) is 0 Å². The molecule has 0 aromatic heterocycles. The normalized spacial score (nSPS) is 19.5. The van der Waals surface area contributed by atoms with E-state index in [-0.39, 0.29) is 24.3 Å². The lowest BCUT2D eigenvalue weighted by Crippen LogP contribution is -2.36. The zero-order valence-corrected chi connectivity index (χ0v) is 20.5. The number of nitrogens with one attached hydrogen (secondary N) is 2. The Balaban J connectivity index is 1.64. The van der Waals surface area contributed by atoms with Gasteiger partial charge in [0, 0.05) is 11.4 Å².